The van der Waals surface area contributed by atoms with Crippen molar-refractivity contribution in [1.82, 2.24) is 5.32 Å². The predicted octanol–water partition coefficient (Wildman–Crippen LogP) is 4.24. The zero-order valence-corrected chi connectivity index (χ0v) is 15.0. The van der Waals surface area contributed by atoms with Gasteiger partial charge in [0.05, 0.1) is 5.69 Å². The Balaban J connectivity index is 2.18. The van der Waals surface area contributed by atoms with Crippen molar-refractivity contribution in [2.75, 3.05) is 12.4 Å². The summed E-state index contributed by atoms with van der Waals surface area (Å²) in [6, 6.07) is 11.7. The quantitative estimate of drug-likeness (QED) is 0.741. The van der Waals surface area contributed by atoms with Crippen LogP contribution in [0.25, 0.3) is 0 Å². The number of halogens is 1. The summed E-state index contributed by atoms with van der Waals surface area (Å²) >= 11 is 2.20. The van der Waals surface area contributed by atoms with Crippen LogP contribution in [0, 0.1) is 17.4 Å². The first kappa shape index (κ1) is 16.6. The molecule has 0 radical (unpaired) electrons. The van der Waals surface area contributed by atoms with Crippen molar-refractivity contribution in [3.8, 4) is 5.75 Å². The lowest BCUT2D eigenvalue weighted by Crippen LogP contribution is -2.25. The smallest absolute Gasteiger partial charge is 0.319 e. The fraction of sp³-hybridized carbons (Fsp3) is 0.235. The number of rotatable bonds is 4. The van der Waals surface area contributed by atoms with Gasteiger partial charge in [-0.1, -0.05) is 29.8 Å². The summed E-state index contributed by atoms with van der Waals surface area (Å²) in [4.78, 5) is 11.6. The number of anilines is 1. The number of nitrogens with one attached hydrogen (secondary N) is 2. The lowest BCUT2D eigenvalue weighted by molar-refractivity contribution is 0.254. The van der Waals surface area contributed by atoms with Gasteiger partial charge in [-0.15, -0.1) is 0 Å². The highest BCUT2D eigenvalue weighted by Crippen LogP contribution is 2.26. The molecule has 0 atom stereocenters. The van der Waals surface area contributed by atoms with E-state index in [1.54, 1.807) is 7.05 Å². The Labute approximate surface area is 144 Å². The maximum absolute atomic E-state index is 11.6. The Kier molecular flexibility index (Phi) is 5.65. The van der Waals surface area contributed by atoms with Crippen molar-refractivity contribution in [1.29, 1.82) is 0 Å². The molecular formula is C17H19IN2O2. The van der Waals surface area contributed by atoms with Gasteiger partial charge >= 0.3 is 6.03 Å². The Hall–Kier alpha value is -1.76. The number of hydrogen-bond acceptors (Lipinski definition) is 2. The molecule has 2 amide bonds. The van der Waals surface area contributed by atoms with E-state index in [-0.39, 0.29) is 6.03 Å². The molecule has 2 rings (SSSR count). The molecule has 0 saturated carbocycles. The summed E-state index contributed by atoms with van der Waals surface area (Å²) in [6.07, 6.45) is 0. The highest BCUT2D eigenvalue weighted by Gasteiger charge is 2.10. The second-order valence-corrected chi connectivity index (χ2v) is 6.20. The molecule has 2 N–H and O–H groups in total. The highest BCUT2D eigenvalue weighted by molar-refractivity contribution is 14.1. The van der Waals surface area contributed by atoms with Gasteiger partial charge in [0.25, 0.3) is 0 Å². The van der Waals surface area contributed by atoms with E-state index in [0.717, 1.165) is 26.1 Å². The normalized spacial score (nSPS) is 10.2. The number of benzene rings is 2. The third-order valence-corrected chi connectivity index (χ3v) is 4.18. The topological polar surface area (TPSA) is 50.4 Å². The third kappa shape index (κ3) is 4.13. The number of ether oxygens (including phenoxy) is 1. The van der Waals surface area contributed by atoms with Gasteiger partial charge < -0.3 is 15.4 Å². The van der Waals surface area contributed by atoms with E-state index in [1.165, 1.54) is 5.56 Å². The molecule has 0 fully saturated rings. The van der Waals surface area contributed by atoms with Crippen LogP contribution in [0.2, 0.25) is 0 Å². The van der Waals surface area contributed by atoms with Crippen molar-refractivity contribution in [3.05, 3.63) is 56.7 Å². The predicted molar refractivity (Wildman–Crippen MR) is 97.5 cm³/mol. The number of carbonyl (C=O) groups excluding carboxylic acids is 1. The number of aryl methyl sites for hydroxylation is 2. The van der Waals surface area contributed by atoms with Crippen LogP contribution >= 0.6 is 22.6 Å². The van der Waals surface area contributed by atoms with Crippen LogP contribution in [0.4, 0.5) is 10.5 Å². The van der Waals surface area contributed by atoms with E-state index >= 15 is 0 Å². The second kappa shape index (κ2) is 7.49. The lowest BCUT2D eigenvalue weighted by Gasteiger charge is -2.15. The average molecular weight is 410 g/mol. The van der Waals surface area contributed by atoms with Gasteiger partial charge in [-0.05, 0) is 54.1 Å². The molecule has 5 heteroatoms. The monoisotopic (exact) mass is 410 g/mol. The zero-order valence-electron chi connectivity index (χ0n) is 12.9. The Morgan fingerprint density at radius 3 is 2.68 bits per heavy atom. The lowest BCUT2D eigenvalue weighted by atomic mass is 10.1. The number of amides is 2. The maximum Gasteiger partial charge on any atom is 0.319 e. The van der Waals surface area contributed by atoms with Crippen LogP contribution in [0.5, 0.6) is 5.75 Å². The zero-order chi connectivity index (χ0) is 16.1. The van der Waals surface area contributed by atoms with Gasteiger partial charge in [-0.2, -0.15) is 0 Å². The molecular weight excluding hydrogens is 391 g/mol. The fourth-order valence-corrected chi connectivity index (χ4v) is 2.81. The first-order valence-electron chi connectivity index (χ1n) is 6.97. The molecule has 0 aliphatic carbocycles. The first-order valence-corrected chi connectivity index (χ1v) is 8.05. The Bertz CT molecular complexity index is 686. The van der Waals surface area contributed by atoms with Gasteiger partial charge in [0.15, 0.2) is 0 Å². The summed E-state index contributed by atoms with van der Waals surface area (Å²) < 4.78 is 6.89. The van der Waals surface area contributed by atoms with Gasteiger partial charge in [-0.3, -0.25) is 0 Å². The molecule has 0 bridgehead atoms. The van der Waals surface area contributed by atoms with Gasteiger partial charge in [-0.25, -0.2) is 4.79 Å². The van der Waals surface area contributed by atoms with Crippen LogP contribution in [-0.2, 0) is 6.61 Å². The van der Waals surface area contributed by atoms with Crippen LogP contribution in [-0.4, -0.2) is 13.1 Å². The van der Waals surface area contributed by atoms with Crippen LogP contribution < -0.4 is 15.4 Å². The minimum absolute atomic E-state index is 0.239. The van der Waals surface area contributed by atoms with E-state index in [1.807, 2.05) is 37.3 Å². The van der Waals surface area contributed by atoms with Crippen molar-refractivity contribution in [3.63, 3.8) is 0 Å². The Morgan fingerprint density at radius 2 is 2.00 bits per heavy atom. The van der Waals surface area contributed by atoms with E-state index in [9.17, 15) is 4.79 Å². The minimum Gasteiger partial charge on any atom is -0.489 e. The van der Waals surface area contributed by atoms with Crippen molar-refractivity contribution in [2.45, 2.75) is 20.5 Å². The molecule has 4 nitrogen and oxygen atoms in total. The molecule has 0 aromatic heterocycles. The van der Waals surface area contributed by atoms with Crippen molar-refractivity contribution in [2.24, 2.45) is 0 Å². The molecule has 116 valence electrons. The molecule has 0 saturated heterocycles. The standard InChI is InChI=1S/C17H19IN2O2/c1-11-7-8-15(12(2)9-11)22-10-13-5-4-6-14(18)16(13)20-17(21)19-3/h4-9H,10H2,1-3H3,(H2,19,20,21). The van der Waals surface area contributed by atoms with Crippen molar-refractivity contribution >= 4 is 34.3 Å². The molecule has 0 unspecified atom stereocenters. The minimum atomic E-state index is -0.239. The van der Waals surface area contributed by atoms with Crippen LogP contribution in [0.1, 0.15) is 16.7 Å². The average Bonchev–Trinajstić information content (AvgIpc) is 2.49. The highest BCUT2D eigenvalue weighted by atomic mass is 127. The molecule has 0 heterocycles. The van der Waals surface area contributed by atoms with Crippen LogP contribution in [0.3, 0.4) is 0 Å². The first-order chi connectivity index (χ1) is 10.5. The number of urea groups is 1. The van der Waals surface area contributed by atoms with E-state index in [4.69, 9.17) is 4.74 Å². The summed E-state index contributed by atoms with van der Waals surface area (Å²) in [6.45, 7) is 4.49. The molecule has 22 heavy (non-hydrogen) atoms. The second-order valence-electron chi connectivity index (χ2n) is 5.04. The summed E-state index contributed by atoms with van der Waals surface area (Å²) in [5.41, 5.74) is 4.04. The van der Waals surface area contributed by atoms with Gasteiger partial charge in [0, 0.05) is 16.2 Å². The van der Waals surface area contributed by atoms with E-state index < -0.39 is 0 Å². The summed E-state index contributed by atoms with van der Waals surface area (Å²) in [5, 5.41) is 5.41. The number of hydrogen-bond donors (Lipinski definition) is 2. The molecule has 2 aromatic carbocycles. The van der Waals surface area contributed by atoms with Crippen LogP contribution in [0.15, 0.2) is 36.4 Å². The molecule has 0 spiro atoms. The van der Waals surface area contributed by atoms with E-state index in [2.05, 4.69) is 46.2 Å². The largest absolute Gasteiger partial charge is 0.489 e. The SMILES string of the molecule is CNC(=O)Nc1c(I)cccc1COc1ccc(C)cc1C. The third-order valence-electron chi connectivity index (χ3n) is 3.28. The summed E-state index contributed by atoms with van der Waals surface area (Å²) in [7, 11) is 1.59. The van der Waals surface area contributed by atoms with Crippen molar-refractivity contribution < 1.29 is 9.53 Å². The number of para-hydroxylation sites is 1. The number of carbonyl (C=O) groups is 1. The molecule has 0 aliphatic heterocycles. The fourth-order valence-electron chi connectivity index (χ4n) is 2.12. The molecule has 2 aromatic rings. The molecule has 0 aliphatic rings. The van der Waals surface area contributed by atoms with E-state index in [0.29, 0.717) is 6.61 Å². The summed E-state index contributed by atoms with van der Waals surface area (Å²) in [5.74, 6) is 0.857. The van der Waals surface area contributed by atoms with Gasteiger partial charge in [0.1, 0.15) is 12.4 Å². The Morgan fingerprint density at radius 1 is 1.23 bits per heavy atom. The van der Waals surface area contributed by atoms with Gasteiger partial charge in [0.2, 0.25) is 0 Å². The maximum atomic E-state index is 11.6.